The van der Waals surface area contributed by atoms with Gasteiger partial charge in [0, 0.05) is 13.1 Å². The number of hydrogen-bond acceptors (Lipinski definition) is 3. The molecule has 2 aliphatic rings. The van der Waals surface area contributed by atoms with Crippen LogP contribution in [0.2, 0.25) is 0 Å². The highest BCUT2D eigenvalue weighted by atomic mass is 16.6. The molecule has 1 aliphatic heterocycles. The van der Waals surface area contributed by atoms with Crippen LogP contribution in [0.5, 0.6) is 11.5 Å². The summed E-state index contributed by atoms with van der Waals surface area (Å²) in [5.74, 6) is 3.35. The number of rotatable bonds is 3. The Hall–Kier alpha value is -1.91. The number of guanidine groups is 1. The SMILES string of the molecule is CN=C(NCC1COc2ccccc2O1)NC1CCC(C)CC1. The van der Waals surface area contributed by atoms with E-state index in [1.807, 2.05) is 31.3 Å². The van der Waals surface area contributed by atoms with E-state index in [0.717, 1.165) is 23.4 Å². The Bertz CT molecular complexity index is 539. The molecule has 1 fully saturated rings. The molecule has 23 heavy (non-hydrogen) atoms. The smallest absolute Gasteiger partial charge is 0.191 e. The molecular formula is C18H27N3O2. The standard InChI is InChI=1S/C18H27N3O2/c1-13-7-9-14(10-8-13)21-18(19-2)20-11-15-12-22-16-5-3-4-6-17(16)23-15/h3-6,13-15H,7-12H2,1-2H3,(H2,19,20,21). The number of benzene rings is 1. The molecule has 0 radical (unpaired) electrons. The zero-order valence-electron chi connectivity index (χ0n) is 14.0. The van der Waals surface area contributed by atoms with Crippen LogP contribution in [0.4, 0.5) is 0 Å². The molecule has 1 unspecified atom stereocenters. The predicted molar refractivity (Wildman–Crippen MR) is 92.3 cm³/mol. The molecule has 2 N–H and O–H groups in total. The molecule has 1 aromatic rings. The van der Waals surface area contributed by atoms with Crippen LogP contribution in [-0.4, -0.2) is 38.3 Å². The van der Waals surface area contributed by atoms with Gasteiger partial charge in [-0.2, -0.15) is 0 Å². The van der Waals surface area contributed by atoms with Crippen molar-refractivity contribution in [3.63, 3.8) is 0 Å². The molecule has 0 amide bonds. The number of aliphatic imine (C=N–C) groups is 1. The number of nitrogens with one attached hydrogen (secondary N) is 2. The highest BCUT2D eigenvalue weighted by Gasteiger charge is 2.22. The van der Waals surface area contributed by atoms with Crippen LogP contribution in [0, 0.1) is 5.92 Å². The van der Waals surface area contributed by atoms with Gasteiger partial charge in [-0.15, -0.1) is 0 Å². The van der Waals surface area contributed by atoms with Crippen molar-refractivity contribution >= 4 is 5.96 Å². The summed E-state index contributed by atoms with van der Waals surface area (Å²) < 4.78 is 11.7. The summed E-state index contributed by atoms with van der Waals surface area (Å²) in [6, 6.07) is 8.32. The van der Waals surface area contributed by atoms with E-state index >= 15 is 0 Å². The van der Waals surface area contributed by atoms with E-state index in [0.29, 0.717) is 19.2 Å². The minimum atomic E-state index is -0.00479. The number of hydrogen-bond donors (Lipinski definition) is 2. The van der Waals surface area contributed by atoms with E-state index in [1.165, 1.54) is 25.7 Å². The average molecular weight is 317 g/mol. The number of ether oxygens (including phenoxy) is 2. The minimum Gasteiger partial charge on any atom is -0.486 e. The van der Waals surface area contributed by atoms with Crippen LogP contribution < -0.4 is 20.1 Å². The molecule has 0 saturated heterocycles. The first kappa shape index (κ1) is 16.0. The Morgan fingerprint density at radius 2 is 1.91 bits per heavy atom. The fourth-order valence-electron chi connectivity index (χ4n) is 3.17. The van der Waals surface area contributed by atoms with Gasteiger partial charge in [0.15, 0.2) is 17.5 Å². The van der Waals surface area contributed by atoms with Gasteiger partial charge in [-0.3, -0.25) is 4.99 Å². The van der Waals surface area contributed by atoms with E-state index in [2.05, 4.69) is 22.5 Å². The van der Waals surface area contributed by atoms with Crippen molar-refractivity contribution in [3.05, 3.63) is 24.3 Å². The molecule has 0 aromatic heterocycles. The van der Waals surface area contributed by atoms with Gasteiger partial charge in [-0.1, -0.05) is 19.1 Å². The molecule has 0 bridgehead atoms. The van der Waals surface area contributed by atoms with Crippen molar-refractivity contribution in [1.29, 1.82) is 0 Å². The van der Waals surface area contributed by atoms with Gasteiger partial charge in [0.05, 0.1) is 6.54 Å². The van der Waals surface area contributed by atoms with Crippen LogP contribution in [0.15, 0.2) is 29.3 Å². The summed E-state index contributed by atoms with van der Waals surface area (Å²) in [6.45, 7) is 3.57. The summed E-state index contributed by atoms with van der Waals surface area (Å²) in [4.78, 5) is 4.33. The molecule has 3 rings (SSSR count). The number of para-hydroxylation sites is 2. The molecule has 5 nitrogen and oxygen atoms in total. The molecule has 1 aliphatic carbocycles. The highest BCUT2D eigenvalue weighted by Crippen LogP contribution is 2.30. The van der Waals surface area contributed by atoms with Gasteiger partial charge in [-0.25, -0.2) is 0 Å². The molecule has 126 valence electrons. The lowest BCUT2D eigenvalue weighted by atomic mass is 9.87. The Kier molecular flexibility index (Phi) is 5.26. The molecule has 1 saturated carbocycles. The zero-order valence-corrected chi connectivity index (χ0v) is 14.0. The van der Waals surface area contributed by atoms with Crippen LogP contribution in [0.25, 0.3) is 0 Å². The van der Waals surface area contributed by atoms with Gasteiger partial charge in [0.25, 0.3) is 0 Å². The Labute approximate surface area is 138 Å². The fraction of sp³-hybridized carbons (Fsp3) is 0.611. The van der Waals surface area contributed by atoms with E-state index in [4.69, 9.17) is 9.47 Å². The Morgan fingerprint density at radius 1 is 1.17 bits per heavy atom. The van der Waals surface area contributed by atoms with Gasteiger partial charge < -0.3 is 20.1 Å². The maximum absolute atomic E-state index is 5.96. The van der Waals surface area contributed by atoms with Gasteiger partial charge in [-0.05, 0) is 43.7 Å². The van der Waals surface area contributed by atoms with Crippen molar-refractivity contribution < 1.29 is 9.47 Å². The first-order valence-electron chi connectivity index (χ1n) is 8.60. The molecule has 1 aromatic carbocycles. The van der Waals surface area contributed by atoms with Crippen LogP contribution in [-0.2, 0) is 0 Å². The van der Waals surface area contributed by atoms with Crippen molar-refractivity contribution in [3.8, 4) is 11.5 Å². The third kappa shape index (κ3) is 4.30. The fourth-order valence-corrected chi connectivity index (χ4v) is 3.17. The summed E-state index contributed by atoms with van der Waals surface area (Å²) in [5, 5.41) is 6.89. The van der Waals surface area contributed by atoms with Crippen molar-refractivity contribution in [1.82, 2.24) is 10.6 Å². The van der Waals surface area contributed by atoms with Gasteiger partial charge in [0.1, 0.15) is 12.7 Å². The summed E-state index contributed by atoms with van der Waals surface area (Å²) in [6.07, 6.45) is 5.03. The van der Waals surface area contributed by atoms with E-state index in [1.54, 1.807) is 0 Å². The number of nitrogens with zero attached hydrogens (tertiary/aromatic N) is 1. The minimum absolute atomic E-state index is 0.00479. The van der Waals surface area contributed by atoms with Crippen molar-refractivity contribution in [2.45, 2.75) is 44.8 Å². The van der Waals surface area contributed by atoms with E-state index < -0.39 is 0 Å². The van der Waals surface area contributed by atoms with Crippen molar-refractivity contribution in [2.75, 3.05) is 20.2 Å². The first-order valence-corrected chi connectivity index (χ1v) is 8.60. The first-order chi connectivity index (χ1) is 11.2. The topological polar surface area (TPSA) is 54.9 Å². The van der Waals surface area contributed by atoms with Gasteiger partial charge >= 0.3 is 0 Å². The lowest BCUT2D eigenvalue weighted by Gasteiger charge is -2.30. The second-order valence-corrected chi connectivity index (χ2v) is 6.55. The molecule has 0 spiro atoms. The quantitative estimate of drug-likeness (QED) is 0.664. The Morgan fingerprint density at radius 3 is 2.65 bits per heavy atom. The Balaban J connectivity index is 1.46. The summed E-state index contributed by atoms with van der Waals surface area (Å²) >= 11 is 0. The predicted octanol–water partition coefficient (Wildman–Crippen LogP) is 2.57. The second kappa shape index (κ2) is 7.57. The summed E-state index contributed by atoms with van der Waals surface area (Å²) in [5.41, 5.74) is 0. The third-order valence-corrected chi connectivity index (χ3v) is 4.65. The third-order valence-electron chi connectivity index (χ3n) is 4.65. The maximum Gasteiger partial charge on any atom is 0.191 e. The molecule has 1 atom stereocenters. The van der Waals surface area contributed by atoms with Crippen LogP contribution in [0.3, 0.4) is 0 Å². The molecule has 5 heteroatoms. The second-order valence-electron chi connectivity index (χ2n) is 6.55. The number of fused-ring (bicyclic) bond motifs is 1. The highest BCUT2D eigenvalue weighted by molar-refractivity contribution is 5.80. The normalized spacial score (nSPS) is 27.4. The lowest BCUT2D eigenvalue weighted by molar-refractivity contribution is 0.0935. The van der Waals surface area contributed by atoms with E-state index in [9.17, 15) is 0 Å². The van der Waals surface area contributed by atoms with Crippen LogP contribution >= 0.6 is 0 Å². The summed E-state index contributed by atoms with van der Waals surface area (Å²) in [7, 11) is 1.81. The maximum atomic E-state index is 5.96. The average Bonchev–Trinajstić information content (AvgIpc) is 2.60. The lowest BCUT2D eigenvalue weighted by Crippen LogP contribution is -2.48. The molecular weight excluding hydrogens is 290 g/mol. The van der Waals surface area contributed by atoms with Gasteiger partial charge in [0.2, 0.25) is 0 Å². The monoisotopic (exact) mass is 317 g/mol. The van der Waals surface area contributed by atoms with Crippen LogP contribution in [0.1, 0.15) is 32.6 Å². The zero-order chi connectivity index (χ0) is 16.1. The van der Waals surface area contributed by atoms with Crippen molar-refractivity contribution in [2.24, 2.45) is 10.9 Å². The molecule has 1 heterocycles. The largest absolute Gasteiger partial charge is 0.486 e. The van der Waals surface area contributed by atoms with E-state index in [-0.39, 0.29) is 6.10 Å².